The second-order valence-corrected chi connectivity index (χ2v) is 8.61. The van der Waals surface area contributed by atoms with Gasteiger partial charge in [-0.05, 0) is 55.7 Å². The SMILES string of the molecule is Cc1ccc(NC(=O)c2cccc(C(F)(F)F)c2)cc1N1Cc2cnc(N)nc2C2(CC2)C1=O. The fourth-order valence-corrected chi connectivity index (χ4v) is 4.34. The van der Waals surface area contributed by atoms with Crippen LogP contribution in [0.15, 0.2) is 48.7 Å². The molecule has 34 heavy (non-hydrogen) atoms. The van der Waals surface area contributed by atoms with Crippen LogP contribution in [0.2, 0.25) is 0 Å². The fraction of sp³-hybridized carbons (Fsp3) is 0.250. The van der Waals surface area contributed by atoms with Crippen LogP contribution in [-0.4, -0.2) is 21.8 Å². The molecule has 0 atom stereocenters. The Kier molecular flexibility index (Phi) is 4.85. The Labute approximate surface area is 192 Å². The molecule has 2 heterocycles. The second-order valence-electron chi connectivity index (χ2n) is 8.61. The molecule has 2 aromatic carbocycles. The average molecular weight is 467 g/mol. The van der Waals surface area contributed by atoms with E-state index in [9.17, 15) is 22.8 Å². The Balaban J connectivity index is 1.45. The Morgan fingerprint density at radius 1 is 1.18 bits per heavy atom. The lowest BCUT2D eigenvalue weighted by molar-refractivity contribution is -0.137. The molecule has 2 aliphatic rings. The predicted molar refractivity (Wildman–Crippen MR) is 119 cm³/mol. The van der Waals surface area contributed by atoms with Gasteiger partial charge in [-0.2, -0.15) is 13.2 Å². The molecule has 1 spiro atoms. The molecule has 2 amide bonds. The number of carbonyl (C=O) groups is 2. The first-order valence-corrected chi connectivity index (χ1v) is 10.6. The van der Waals surface area contributed by atoms with Gasteiger partial charge in [0.2, 0.25) is 11.9 Å². The van der Waals surface area contributed by atoms with Crippen molar-refractivity contribution in [2.45, 2.75) is 37.9 Å². The van der Waals surface area contributed by atoms with Gasteiger partial charge in [-0.1, -0.05) is 12.1 Å². The average Bonchev–Trinajstić information content (AvgIpc) is 3.60. The number of nitrogen functional groups attached to an aromatic ring is 1. The molecule has 1 aliphatic carbocycles. The molecule has 3 N–H and O–H groups in total. The third kappa shape index (κ3) is 3.64. The van der Waals surface area contributed by atoms with Gasteiger partial charge in [-0.15, -0.1) is 0 Å². The first-order chi connectivity index (χ1) is 16.1. The largest absolute Gasteiger partial charge is 0.416 e. The molecule has 0 radical (unpaired) electrons. The monoisotopic (exact) mass is 467 g/mol. The maximum absolute atomic E-state index is 13.5. The summed E-state index contributed by atoms with van der Waals surface area (Å²) < 4.78 is 39.0. The molecule has 10 heteroatoms. The standard InChI is InChI=1S/C24H20F3N5O2/c1-13-5-6-17(30-20(33)14-3-2-4-16(9-14)24(25,26)27)10-18(13)32-12-15-11-29-22(28)31-19(15)23(7-8-23)21(32)34/h2-6,9-11H,7-8,12H2,1H3,(H,30,33)(H2,28,29,31). The zero-order valence-electron chi connectivity index (χ0n) is 18.1. The van der Waals surface area contributed by atoms with Crippen molar-refractivity contribution in [2.24, 2.45) is 0 Å². The summed E-state index contributed by atoms with van der Waals surface area (Å²) in [6, 6.07) is 9.25. The number of nitrogens with two attached hydrogens (primary N) is 1. The lowest BCUT2D eigenvalue weighted by atomic mass is 9.91. The zero-order chi connectivity index (χ0) is 24.3. The van der Waals surface area contributed by atoms with Gasteiger partial charge in [0, 0.05) is 28.7 Å². The van der Waals surface area contributed by atoms with E-state index < -0.39 is 23.1 Å². The summed E-state index contributed by atoms with van der Waals surface area (Å²) in [5, 5.41) is 2.64. The van der Waals surface area contributed by atoms with Crippen LogP contribution in [0.25, 0.3) is 0 Å². The van der Waals surface area contributed by atoms with Crippen molar-refractivity contribution in [3.05, 3.63) is 76.6 Å². The number of nitrogens with zero attached hydrogens (tertiary/aromatic N) is 3. The minimum Gasteiger partial charge on any atom is -0.368 e. The molecule has 1 aromatic heterocycles. The van der Waals surface area contributed by atoms with Gasteiger partial charge >= 0.3 is 6.18 Å². The highest BCUT2D eigenvalue weighted by Crippen LogP contribution is 2.53. The number of hydrogen-bond acceptors (Lipinski definition) is 5. The van der Waals surface area contributed by atoms with Crippen molar-refractivity contribution in [1.29, 1.82) is 0 Å². The molecule has 174 valence electrons. The molecule has 3 aromatic rings. The number of nitrogens with one attached hydrogen (secondary N) is 1. The number of anilines is 3. The van der Waals surface area contributed by atoms with Crippen LogP contribution < -0.4 is 16.0 Å². The molecular formula is C24H20F3N5O2. The molecule has 1 saturated carbocycles. The van der Waals surface area contributed by atoms with Gasteiger partial charge in [-0.25, -0.2) is 9.97 Å². The highest BCUT2D eigenvalue weighted by atomic mass is 19.4. The van der Waals surface area contributed by atoms with E-state index in [1.807, 2.05) is 6.92 Å². The number of halogens is 3. The van der Waals surface area contributed by atoms with E-state index in [4.69, 9.17) is 5.73 Å². The number of fused-ring (bicyclic) bond motifs is 2. The normalized spacial score (nSPS) is 16.4. The summed E-state index contributed by atoms with van der Waals surface area (Å²) >= 11 is 0. The summed E-state index contributed by atoms with van der Waals surface area (Å²) in [6.07, 6.45) is -1.59. The Bertz CT molecular complexity index is 1330. The van der Waals surface area contributed by atoms with Crippen molar-refractivity contribution >= 4 is 29.1 Å². The Morgan fingerprint density at radius 3 is 2.65 bits per heavy atom. The number of amides is 2. The van der Waals surface area contributed by atoms with E-state index in [-0.39, 0.29) is 24.0 Å². The third-order valence-corrected chi connectivity index (χ3v) is 6.28. The van der Waals surface area contributed by atoms with Crippen molar-refractivity contribution in [3.8, 4) is 0 Å². The van der Waals surface area contributed by atoms with E-state index in [1.54, 1.807) is 29.3 Å². The van der Waals surface area contributed by atoms with E-state index in [0.29, 0.717) is 29.9 Å². The predicted octanol–water partition coefficient (Wildman–Crippen LogP) is 4.22. The van der Waals surface area contributed by atoms with Crippen LogP contribution in [0.4, 0.5) is 30.5 Å². The molecule has 1 aliphatic heterocycles. The minimum absolute atomic E-state index is 0.0949. The zero-order valence-corrected chi connectivity index (χ0v) is 18.1. The lowest BCUT2D eigenvalue weighted by Crippen LogP contribution is -2.45. The van der Waals surface area contributed by atoms with Crippen LogP contribution in [0.3, 0.4) is 0 Å². The van der Waals surface area contributed by atoms with Crippen LogP contribution in [0.1, 0.15) is 45.6 Å². The first-order valence-electron chi connectivity index (χ1n) is 10.6. The third-order valence-electron chi connectivity index (χ3n) is 6.28. The maximum Gasteiger partial charge on any atom is 0.416 e. The molecule has 0 unspecified atom stereocenters. The van der Waals surface area contributed by atoms with E-state index in [0.717, 1.165) is 23.3 Å². The van der Waals surface area contributed by atoms with E-state index in [1.165, 1.54) is 12.1 Å². The molecule has 0 bridgehead atoms. The summed E-state index contributed by atoms with van der Waals surface area (Å²) in [5.41, 5.74) is 7.26. The van der Waals surface area contributed by atoms with Gasteiger partial charge in [0.05, 0.1) is 23.2 Å². The number of aryl methyl sites for hydroxylation is 1. The van der Waals surface area contributed by atoms with Gasteiger partial charge in [0.25, 0.3) is 5.91 Å². The fourth-order valence-electron chi connectivity index (χ4n) is 4.34. The lowest BCUT2D eigenvalue weighted by Gasteiger charge is -2.34. The number of benzene rings is 2. The van der Waals surface area contributed by atoms with Crippen LogP contribution in [0, 0.1) is 6.92 Å². The highest BCUT2D eigenvalue weighted by molar-refractivity contribution is 6.07. The Morgan fingerprint density at radius 2 is 1.94 bits per heavy atom. The molecular weight excluding hydrogens is 447 g/mol. The molecule has 1 fully saturated rings. The van der Waals surface area contributed by atoms with Gasteiger partial charge in [-0.3, -0.25) is 9.59 Å². The molecule has 5 rings (SSSR count). The van der Waals surface area contributed by atoms with Crippen molar-refractivity contribution in [2.75, 3.05) is 16.0 Å². The van der Waals surface area contributed by atoms with E-state index >= 15 is 0 Å². The van der Waals surface area contributed by atoms with Crippen molar-refractivity contribution < 1.29 is 22.8 Å². The summed E-state index contributed by atoms with van der Waals surface area (Å²) in [6.45, 7) is 2.09. The quantitative estimate of drug-likeness (QED) is 0.601. The van der Waals surface area contributed by atoms with Gasteiger partial charge in [0.1, 0.15) is 0 Å². The smallest absolute Gasteiger partial charge is 0.368 e. The number of aromatic nitrogens is 2. The molecule has 0 saturated heterocycles. The van der Waals surface area contributed by atoms with Crippen molar-refractivity contribution in [1.82, 2.24) is 9.97 Å². The topological polar surface area (TPSA) is 101 Å². The van der Waals surface area contributed by atoms with Gasteiger partial charge < -0.3 is 16.0 Å². The Hall–Kier alpha value is -3.95. The summed E-state index contributed by atoms with van der Waals surface area (Å²) in [5.74, 6) is -0.650. The molecule has 7 nitrogen and oxygen atoms in total. The van der Waals surface area contributed by atoms with Crippen LogP contribution >= 0.6 is 0 Å². The van der Waals surface area contributed by atoms with Crippen molar-refractivity contribution in [3.63, 3.8) is 0 Å². The number of hydrogen-bond donors (Lipinski definition) is 2. The number of rotatable bonds is 3. The number of alkyl halides is 3. The van der Waals surface area contributed by atoms with Crippen LogP contribution in [0.5, 0.6) is 0 Å². The highest BCUT2D eigenvalue weighted by Gasteiger charge is 2.58. The number of carbonyl (C=O) groups excluding carboxylic acids is 2. The summed E-state index contributed by atoms with van der Waals surface area (Å²) in [7, 11) is 0. The van der Waals surface area contributed by atoms with Gasteiger partial charge in [0.15, 0.2) is 0 Å². The summed E-state index contributed by atoms with van der Waals surface area (Å²) in [4.78, 5) is 36.1. The first kappa shape index (κ1) is 21.9. The maximum atomic E-state index is 13.5. The second kappa shape index (κ2) is 7.54. The minimum atomic E-state index is -4.55. The van der Waals surface area contributed by atoms with E-state index in [2.05, 4.69) is 15.3 Å². The van der Waals surface area contributed by atoms with Crippen LogP contribution in [-0.2, 0) is 22.9 Å².